The number of carboxylic acid groups (broad SMARTS) is 1. The van der Waals surface area contributed by atoms with E-state index < -0.39 is 11.9 Å². The van der Waals surface area contributed by atoms with E-state index in [1.807, 2.05) is 31.2 Å². The van der Waals surface area contributed by atoms with Crippen molar-refractivity contribution < 1.29 is 14.7 Å². The van der Waals surface area contributed by atoms with Crippen LogP contribution in [0.25, 0.3) is 0 Å². The predicted octanol–water partition coefficient (Wildman–Crippen LogP) is 2.66. The van der Waals surface area contributed by atoms with Crippen LogP contribution in [0.15, 0.2) is 36.9 Å². The molecule has 114 valence electrons. The van der Waals surface area contributed by atoms with E-state index in [1.165, 1.54) is 5.56 Å². The summed E-state index contributed by atoms with van der Waals surface area (Å²) in [5, 5.41) is 8.95. The molecule has 0 aliphatic rings. The smallest absolute Gasteiger partial charge is 0.308 e. The number of hydrogen-bond acceptors (Lipinski definition) is 2. The van der Waals surface area contributed by atoms with Crippen LogP contribution in [0.3, 0.4) is 0 Å². The topological polar surface area (TPSA) is 57.6 Å². The third-order valence-electron chi connectivity index (χ3n) is 3.37. The van der Waals surface area contributed by atoms with Crippen molar-refractivity contribution in [3.05, 3.63) is 48.0 Å². The lowest BCUT2D eigenvalue weighted by molar-refractivity contribution is -0.142. The molecule has 1 aromatic rings. The first kappa shape index (κ1) is 17.0. The Morgan fingerprint density at radius 1 is 1.33 bits per heavy atom. The van der Waals surface area contributed by atoms with Gasteiger partial charge in [0.1, 0.15) is 0 Å². The number of aliphatic carboxylic acids is 1. The molecule has 0 bridgehead atoms. The van der Waals surface area contributed by atoms with Crippen molar-refractivity contribution in [2.24, 2.45) is 5.92 Å². The lowest BCUT2D eigenvalue weighted by Gasteiger charge is -2.23. The van der Waals surface area contributed by atoms with Gasteiger partial charge < -0.3 is 10.0 Å². The first-order valence-corrected chi connectivity index (χ1v) is 7.11. The van der Waals surface area contributed by atoms with E-state index in [1.54, 1.807) is 17.9 Å². The van der Waals surface area contributed by atoms with Gasteiger partial charge in [-0.1, -0.05) is 42.8 Å². The van der Waals surface area contributed by atoms with Gasteiger partial charge in [0.05, 0.1) is 5.92 Å². The van der Waals surface area contributed by atoms with E-state index in [0.29, 0.717) is 19.4 Å². The van der Waals surface area contributed by atoms with Gasteiger partial charge in [-0.25, -0.2) is 0 Å². The van der Waals surface area contributed by atoms with E-state index in [-0.39, 0.29) is 12.5 Å². The van der Waals surface area contributed by atoms with Crippen LogP contribution in [0.5, 0.6) is 0 Å². The van der Waals surface area contributed by atoms with Crippen molar-refractivity contribution in [2.45, 2.75) is 26.7 Å². The zero-order valence-electron chi connectivity index (χ0n) is 12.7. The molecule has 0 heterocycles. The van der Waals surface area contributed by atoms with Gasteiger partial charge in [-0.15, -0.1) is 6.58 Å². The van der Waals surface area contributed by atoms with Crippen LogP contribution in [-0.4, -0.2) is 35.0 Å². The molecule has 0 aliphatic heterocycles. The average molecular weight is 289 g/mol. The Morgan fingerprint density at radius 3 is 2.48 bits per heavy atom. The van der Waals surface area contributed by atoms with Crippen LogP contribution in [0.2, 0.25) is 0 Å². The Bertz CT molecular complexity index is 493. The summed E-state index contributed by atoms with van der Waals surface area (Å²) in [5.74, 6) is -1.51. The van der Waals surface area contributed by atoms with Gasteiger partial charge >= 0.3 is 5.97 Å². The average Bonchev–Trinajstić information content (AvgIpc) is 2.45. The zero-order chi connectivity index (χ0) is 15.8. The molecule has 0 saturated carbocycles. The van der Waals surface area contributed by atoms with Gasteiger partial charge in [-0.3, -0.25) is 9.59 Å². The minimum Gasteiger partial charge on any atom is -0.481 e. The number of aryl methyl sites for hydroxylation is 2. The second-order valence-corrected chi connectivity index (χ2v) is 5.31. The molecule has 21 heavy (non-hydrogen) atoms. The monoisotopic (exact) mass is 289 g/mol. The summed E-state index contributed by atoms with van der Waals surface area (Å²) in [6, 6.07) is 8.07. The van der Waals surface area contributed by atoms with Crippen LogP contribution < -0.4 is 0 Å². The quantitative estimate of drug-likeness (QED) is 0.749. The van der Waals surface area contributed by atoms with E-state index >= 15 is 0 Å². The maximum Gasteiger partial charge on any atom is 0.308 e. The number of hydrogen-bond donors (Lipinski definition) is 1. The van der Waals surface area contributed by atoms with Gasteiger partial charge in [0.2, 0.25) is 5.91 Å². The molecule has 1 aromatic carbocycles. The Labute approximate surface area is 126 Å². The van der Waals surface area contributed by atoms with Crippen LogP contribution in [0.1, 0.15) is 24.5 Å². The molecule has 1 amide bonds. The number of carbonyl (C=O) groups excluding carboxylic acids is 1. The summed E-state index contributed by atoms with van der Waals surface area (Å²) in [4.78, 5) is 24.7. The maximum absolute atomic E-state index is 12.2. The van der Waals surface area contributed by atoms with Gasteiger partial charge in [0.25, 0.3) is 0 Å². The van der Waals surface area contributed by atoms with Crippen LogP contribution in [-0.2, 0) is 16.0 Å². The van der Waals surface area contributed by atoms with E-state index in [4.69, 9.17) is 5.11 Å². The van der Waals surface area contributed by atoms with Crippen molar-refractivity contribution in [3.8, 4) is 0 Å². The molecule has 0 radical (unpaired) electrons. The van der Waals surface area contributed by atoms with Gasteiger partial charge in [0, 0.05) is 19.5 Å². The van der Waals surface area contributed by atoms with Gasteiger partial charge in [-0.2, -0.15) is 0 Å². The molecular formula is C17H23NO3. The fourth-order valence-electron chi connectivity index (χ4n) is 2.01. The molecular weight excluding hydrogens is 266 g/mol. The minimum atomic E-state index is -0.893. The summed E-state index contributed by atoms with van der Waals surface area (Å²) in [7, 11) is 0. The number of rotatable bonds is 8. The number of benzene rings is 1. The highest BCUT2D eigenvalue weighted by Crippen LogP contribution is 2.09. The fraction of sp³-hybridized carbons (Fsp3) is 0.412. The van der Waals surface area contributed by atoms with Crippen LogP contribution in [0, 0.1) is 12.8 Å². The fourth-order valence-corrected chi connectivity index (χ4v) is 2.01. The second-order valence-electron chi connectivity index (χ2n) is 5.31. The van der Waals surface area contributed by atoms with Crippen molar-refractivity contribution in [1.82, 2.24) is 4.90 Å². The molecule has 0 aromatic heterocycles. The SMILES string of the molecule is C=CCN(CC(C)C(=O)O)C(=O)CCc1ccc(C)cc1. The molecule has 4 nitrogen and oxygen atoms in total. The van der Waals surface area contributed by atoms with Crippen molar-refractivity contribution in [1.29, 1.82) is 0 Å². The Morgan fingerprint density at radius 2 is 1.95 bits per heavy atom. The highest BCUT2D eigenvalue weighted by molar-refractivity contribution is 5.78. The predicted molar refractivity (Wildman–Crippen MR) is 83.1 cm³/mol. The second kappa shape index (κ2) is 8.25. The molecule has 4 heteroatoms. The molecule has 0 fully saturated rings. The summed E-state index contributed by atoms with van der Waals surface area (Å²) in [6.45, 7) is 7.84. The van der Waals surface area contributed by atoms with Crippen molar-refractivity contribution in [2.75, 3.05) is 13.1 Å². The lowest BCUT2D eigenvalue weighted by Crippen LogP contribution is -2.37. The first-order chi connectivity index (χ1) is 9.93. The van der Waals surface area contributed by atoms with E-state index in [9.17, 15) is 9.59 Å². The Hall–Kier alpha value is -2.10. The number of carbonyl (C=O) groups is 2. The van der Waals surface area contributed by atoms with Crippen molar-refractivity contribution in [3.63, 3.8) is 0 Å². The van der Waals surface area contributed by atoms with Gasteiger partial charge in [-0.05, 0) is 18.9 Å². The molecule has 1 N–H and O–H groups in total. The molecule has 0 aliphatic carbocycles. The number of carboxylic acids is 1. The molecule has 1 rings (SSSR count). The summed E-state index contributed by atoms with van der Waals surface area (Å²) >= 11 is 0. The summed E-state index contributed by atoms with van der Waals surface area (Å²) in [6.07, 6.45) is 2.66. The normalized spacial score (nSPS) is 11.7. The van der Waals surface area contributed by atoms with Crippen LogP contribution in [0.4, 0.5) is 0 Å². The minimum absolute atomic E-state index is 0.0384. The van der Waals surface area contributed by atoms with Gasteiger partial charge in [0.15, 0.2) is 0 Å². The summed E-state index contributed by atoms with van der Waals surface area (Å²) < 4.78 is 0. The lowest BCUT2D eigenvalue weighted by atomic mass is 10.1. The third kappa shape index (κ3) is 5.81. The van der Waals surface area contributed by atoms with E-state index in [0.717, 1.165) is 5.56 Å². The number of nitrogens with zero attached hydrogens (tertiary/aromatic N) is 1. The van der Waals surface area contributed by atoms with Crippen molar-refractivity contribution >= 4 is 11.9 Å². The number of amides is 1. The highest BCUT2D eigenvalue weighted by Gasteiger charge is 2.19. The van der Waals surface area contributed by atoms with Crippen LogP contribution >= 0.6 is 0 Å². The first-order valence-electron chi connectivity index (χ1n) is 7.11. The highest BCUT2D eigenvalue weighted by atomic mass is 16.4. The Balaban J connectivity index is 2.57. The molecule has 0 saturated heterocycles. The third-order valence-corrected chi connectivity index (χ3v) is 3.37. The largest absolute Gasteiger partial charge is 0.481 e. The summed E-state index contributed by atoms with van der Waals surface area (Å²) in [5.41, 5.74) is 2.30. The standard InChI is InChI=1S/C17H23NO3/c1-4-11-18(12-14(3)17(20)21)16(19)10-9-15-7-5-13(2)6-8-15/h4-8,14H,1,9-12H2,2-3H3,(H,20,21). The van der Waals surface area contributed by atoms with E-state index in [2.05, 4.69) is 6.58 Å². The zero-order valence-corrected chi connectivity index (χ0v) is 12.7. The molecule has 1 atom stereocenters. The maximum atomic E-state index is 12.2. The Kier molecular flexibility index (Phi) is 6.66. The molecule has 0 spiro atoms. The molecule has 1 unspecified atom stereocenters.